The van der Waals surface area contributed by atoms with E-state index in [9.17, 15) is 9.59 Å². The Morgan fingerprint density at radius 1 is 1.17 bits per heavy atom. The van der Waals surface area contributed by atoms with E-state index in [1.807, 2.05) is 25.1 Å². The Bertz CT molecular complexity index is 564. The van der Waals surface area contributed by atoms with E-state index < -0.39 is 0 Å². The van der Waals surface area contributed by atoms with Gasteiger partial charge >= 0.3 is 11.9 Å². The summed E-state index contributed by atoms with van der Waals surface area (Å²) in [6.07, 6.45) is 1.91. The number of hydrogen-bond acceptors (Lipinski definition) is 4. The molecule has 1 aromatic rings. The lowest BCUT2D eigenvalue weighted by atomic mass is 9.83. The molecule has 1 atom stereocenters. The highest BCUT2D eigenvalue weighted by Gasteiger charge is 2.48. The van der Waals surface area contributed by atoms with E-state index in [0.717, 1.165) is 32.5 Å². The van der Waals surface area contributed by atoms with E-state index in [4.69, 9.17) is 9.47 Å². The van der Waals surface area contributed by atoms with Crippen molar-refractivity contribution in [2.24, 2.45) is 5.92 Å². The Kier molecular flexibility index (Phi) is 4.66. The zero-order valence-corrected chi connectivity index (χ0v) is 13.6. The number of ether oxygens (including phenoxy) is 2. The van der Waals surface area contributed by atoms with Crippen LogP contribution in [0.25, 0.3) is 0 Å². The highest BCUT2D eigenvalue weighted by molar-refractivity contribution is 5.89. The molecule has 0 spiro atoms. The van der Waals surface area contributed by atoms with Crippen LogP contribution in [0.4, 0.5) is 0 Å². The lowest BCUT2D eigenvalue weighted by molar-refractivity contribution is -0.939. The largest absolute Gasteiger partial charge is 0.462 e. The number of nitrogens with zero attached hydrogens (tertiary/aromatic N) is 1. The first kappa shape index (κ1) is 16.0. The Morgan fingerprint density at radius 2 is 1.87 bits per heavy atom. The summed E-state index contributed by atoms with van der Waals surface area (Å²) in [6.45, 7) is 5.30. The molecule has 124 valence electrons. The molecule has 1 unspecified atom stereocenters. The maximum absolute atomic E-state index is 12.3. The van der Waals surface area contributed by atoms with Gasteiger partial charge in [-0.1, -0.05) is 18.2 Å². The van der Waals surface area contributed by atoms with Crippen LogP contribution in [0.15, 0.2) is 30.3 Å². The number of rotatable bonds is 5. The van der Waals surface area contributed by atoms with Gasteiger partial charge in [-0.25, -0.2) is 9.59 Å². The van der Waals surface area contributed by atoms with Gasteiger partial charge in [-0.05, 0) is 19.1 Å². The van der Waals surface area contributed by atoms with Crippen molar-refractivity contribution in [1.82, 2.24) is 0 Å². The van der Waals surface area contributed by atoms with Gasteiger partial charge in [-0.15, -0.1) is 0 Å². The number of esters is 2. The van der Waals surface area contributed by atoms with Crippen LogP contribution in [0.5, 0.6) is 0 Å². The second kappa shape index (κ2) is 6.71. The summed E-state index contributed by atoms with van der Waals surface area (Å²) in [5, 5.41) is 0. The standard InChI is InChI=1S/C18H24NO4/c1-2-22-17(20)13-19-10-8-14(9-11-19)16(12-19)23-18(21)15-6-4-3-5-7-15/h3-7,14,16H,2,8-13H2,1H3/q+1. The fraction of sp³-hybridized carbons (Fsp3) is 0.556. The Morgan fingerprint density at radius 3 is 2.52 bits per heavy atom. The number of piperidine rings is 3. The van der Waals surface area contributed by atoms with E-state index >= 15 is 0 Å². The normalized spacial score (nSPS) is 29.1. The van der Waals surface area contributed by atoms with E-state index in [-0.39, 0.29) is 18.0 Å². The van der Waals surface area contributed by atoms with Crippen LogP contribution in [0.3, 0.4) is 0 Å². The second-order valence-electron chi connectivity index (χ2n) is 6.58. The Balaban J connectivity index is 1.65. The maximum Gasteiger partial charge on any atom is 0.361 e. The monoisotopic (exact) mass is 318 g/mol. The van der Waals surface area contributed by atoms with Crippen molar-refractivity contribution < 1.29 is 23.5 Å². The molecule has 0 N–H and O–H groups in total. The molecule has 23 heavy (non-hydrogen) atoms. The van der Waals surface area contributed by atoms with Crippen molar-refractivity contribution in [3.05, 3.63) is 35.9 Å². The van der Waals surface area contributed by atoms with E-state index in [2.05, 4.69) is 0 Å². The average Bonchev–Trinajstić information content (AvgIpc) is 2.56. The van der Waals surface area contributed by atoms with E-state index in [0.29, 0.717) is 29.1 Å². The molecular weight excluding hydrogens is 294 g/mol. The molecule has 0 radical (unpaired) electrons. The third kappa shape index (κ3) is 3.55. The zero-order valence-electron chi connectivity index (χ0n) is 13.6. The summed E-state index contributed by atoms with van der Waals surface area (Å²) in [6, 6.07) is 9.09. The van der Waals surface area contributed by atoms with Gasteiger partial charge < -0.3 is 14.0 Å². The van der Waals surface area contributed by atoms with Crippen molar-refractivity contribution in [2.45, 2.75) is 25.9 Å². The minimum absolute atomic E-state index is 0.0976. The van der Waals surface area contributed by atoms with Crippen LogP contribution in [-0.4, -0.2) is 55.3 Å². The fourth-order valence-electron chi connectivity index (χ4n) is 3.84. The molecule has 4 rings (SSSR count). The van der Waals surface area contributed by atoms with Gasteiger partial charge in [-0.2, -0.15) is 0 Å². The van der Waals surface area contributed by atoms with Gasteiger partial charge in [-0.3, -0.25) is 0 Å². The third-order valence-corrected chi connectivity index (χ3v) is 5.08. The molecule has 3 fully saturated rings. The number of carbonyl (C=O) groups excluding carboxylic acids is 2. The lowest BCUT2D eigenvalue weighted by Gasteiger charge is -2.51. The SMILES string of the molecule is CCOC(=O)C[N+]12CCC(CC1)C(OC(=O)c1ccccc1)C2. The Labute approximate surface area is 136 Å². The number of carbonyl (C=O) groups is 2. The van der Waals surface area contributed by atoms with Gasteiger partial charge in [0.1, 0.15) is 6.54 Å². The average molecular weight is 318 g/mol. The molecule has 0 aliphatic carbocycles. The molecule has 0 amide bonds. The number of hydrogen-bond donors (Lipinski definition) is 0. The molecule has 5 heteroatoms. The minimum atomic E-state index is -0.265. The quantitative estimate of drug-likeness (QED) is 0.616. The maximum atomic E-state index is 12.3. The second-order valence-corrected chi connectivity index (χ2v) is 6.58. The van der Waals surface area contributed by atoms with Gasteiger partial charge in [0.15, 0.2) is 12.6 Å². The van der Waals surface area contributed by atoms with E-state index in [1.165, 1.54) is 0 Å². The highest BCUT2D eigenvalue weighted by atomic mass is 16.5. The minimum Gasteiger partial charge on any atom is -0.462 e. The summed E-state index contributed by atoms with van der Waals surface area (Å²) >= 11 is 0. The van der Waals surface area contributed by atoms with Crippen molar-refractivity contribution in [1.29, 1.82) is 0 Å². The highest BCUT2D eigenvalue weighted by Crippen LogP contribution is 2.35. The van der Waals surface area contributed by atoms with Gasteiger partial charge in [0.05, 0.1) is 25.3 Å². The summed E-state index contributed by atoms with van der Waals surface area (Å²) in [7, 11) is 0. The zero-order chi connectivity index (χ0) is 16.3. The summed E-state index contributed by atoms with van der Waals surface area (Å²) < 4.78 is 11.6. The molecule has 0 aromatic heterocycles. The third-order valence-electron chi connectivity index (χ3n) is 5.08. The molecule has 2 bridgehead atoms. The Hall–Kier alpha value is -1.88. The van der Waals surface area contributed by atoms with Gasteiger partial charge in [0.25, 0.3) is 0 Å². The van der Waals surface area contributed by atoms with Crippen molar-refractivity contribution in [3.63, 3.8) is 0 Å². The summed E-state index contributed by atoms with van der Waals surface area (Å²) in [4.78, 5) is 24.2. The lowest BCUT2D eigenvalue weighted by Crippen LogP contribution is -2.65. The van der Waals surface area contributed by atoms with Gasteiger partial charge in [0, 0.05) is 18.8 Å². The predicted octanol–water partition coefficient (Wildman–Crippen LogP) is 2.02. The van der Waals surface area contributed by atoms with Crippen LogP contribution in [-0.2, 0) is 14.3 Å². The van der Waals surface area contributed by atoms with Crippen molar-refractivity contribution in [2.75, 3.05) is 32.8 Å². The summed E-state index contributed by atoms with van der Waals surface area (Å²) in [5.74, 6) is 0.00415. The van der Waals surface area contributed by atoms with Crippen LogP contribution in [0.2, 0.25) is 0 Å². The first-order valence-corrected chi connectivity index (χ1v) is 8.39. The number of quaternary nitrogens is 1. The topological polar surface area (TPSA) is 52.6 Å². The van der Waals surface area contributed by atoms with Crippen LogP contribution in [0.1, 0.15) is 30.1 Å². The molecule has 1 aromatic carbocycles. The number of benzene rings is 1. The van der Waals surface area contributed by atoms with E-state index in [1.54, 1.807) is 12.1 Å². The molecule has 3 aliphatic heterocycles. The van der Waals surface area contributed by atoms with Crippen molar-refractivity contribution >= 4 is 11.9 Å². The molecule has 3 saturated heterocycles. The number of fused-ring (bicyclic) bond motifs is 3. The molecule has 0 saturated carbocycles. The molecule has 3 heterocycles. The van der Waals surface area contributed by atoms with Crippen LogP contribution in [0, 0.1) is 5.92 Å². The van der Waals surface area contributed by atoms with Gasteiger partial charge in [0.2, 0.25) is 0 Å². The molecule has 3 aliphatic rings. The fourth-order valence-corrected chi connectivity index (χ4v) is 3.84. The molecule has 5 nitrogen and oxygen atoms in total. The van der Waals surface area contributed by atoms with Crippen LogP contribution < -0.4 is 0 Å². The first-order valence-electron chi connectivity index (χ1n) is 8.39. The predicted molar refractivity (Wildman–Crippen MR) is 84.7 cm³/mol. The van der Waals surface area contributed by atoms with Crippen molar-refractivity contribution in [3.8, 4) is 0 Å². The summed E-state index contributed by atoms with van der Waals surface area (Å²) in [5.41, 5.74) is 0.584. The smallest absolute Gasteiger partial charge is 0.361 e. The van der Waals surface area contributed by atoms with Crippen LogP contribution >= 0.6 is 0 Å². The molecular formula is C18H24NO4+. The first-order chi connectivity index (χ1) is 11.1.